The maximum Gasteiger partial charge on any atom is 0.256 e. The van der Waals surface area contributed by atoms with Crippen molar-refractivity contribution in [1.29, 1.82) is 0 Å². The monoisotopic (exact) mass is 458 g/mol. The van der Waals surface area contributed by atoms with Gasteiger partial charge in [0.25, 0.3) is 21.8 Å². The highest BCUT2D eigenvalue weighted by atomic mass is 32.2. The summed E-state index contributed by atoms with van der Waals surface area (Å²) in [6.45, 7) is 1.50. The van der Waals surface area contributed by atoms with Crippen LogP contribution in [-0.4, -0.2) is 49.9 Å². The molecule has 0 unspecified atom stereocenters. The Balaban J connectivity index is 1.61. The lowest BCUT2D eigenvalue weighted by Gasteiger charge is -2.25. The zero-order valence-electron chi connectivity index (χ0n) is 16.7. The first-order valence-electron chi connectivity index (χ1n) is 9.93. The van der Waals surface area contributed by atoms with Crippen molar-refractivity contribution in [3.8, 4) is 0 Å². The molecule has 2 aliphatic heterocycles. The lowest BCUT2D eigenvalue weighted by molar-refractivity contribution is 0.100. The van der Waals surface area contributed by atoms with Gasteiger partial charge in [0.15, 0.2) is 0 Å². The van der Waals surface area contributed by atoms with Gasteiger partial charge in [-0.15, -0.1) is 11.3 Å². The van der Waals surface area contributed by atoms with Crippen molar-refractivity contribution in [1.82, 2.24) is 4.31 Å². The molecule has 31 heavy (non-hydrogen) atoms. The number of aliphatic imine (C=N–C) groups is 1. The van der Waals surface area contributed by atoms with Gasteiger partial charge in [-0.05, 0) is 37.1 Å². The molecular weight excluding hydrogens is 436 g/mol. The van der Waals surface area contributed by atoms with Gasteiger partial charge in [-0.2, -0.15) is 4.31 Å². The predicted molar refractivity (Wildman–Crippen MR) is 120 cm³/mol. The third-order valence-electron chi connectivity index (χ3n) is 5.17. The van der Waals surface area contributed by atoms with Crippen molar-refractivity contribution in [2.24, 2.45) is 10.7 Å². The molecule has 0 atom stereocenters. The van der Waals surface area contributed by atoms with Crippen molar-refractivity contribution in [2.45, 2.75) is 23.5 Å². The van der Waals surface area contributed by atoms with Crippen LogP contribution in [-0.2, 0) is 10.0 Å². The molecule has 0 aliphatic carbocycles. The number of amides is 2. The fourth-order valence-electron chi connectivity index (χ4n) is 3.55. The van der Waals surface area contributed by atoms with Crippen molar-refractivity contribution in [3.05, 3.63) is 59.2 Å². The summed E-state index contributed by atoms with van der Waals surface area (Å²) < 4.78 is 27.4. The second-order valence-corrected chi connectivity index (χ2v) is 10.5. The number of nitrogens with zero attached hydrogens (tertiary/aromatic N) is 2. The van der Waals surface area contributed by atoms with Crippen LogP contribution < -0.4 is 11.1 Å². The first kappa shape index (κ1) is 21.4. The van der Waals surface area contributed by atoms with E-state index in [1.807, 2.05) is 18.2 Å². The van der Waals surface area contributed by atoms with Gasteiger partial charge in [-0.25, -0.2) is 8.42 Å². The Morgan fingerprint density at radius 2 is 1.90 bits per heavy atom. The second kappa shape index (κ2) is 8.74. The molecule has 0 radical (unpaired) electrons. The lowest BCUT2D eigenvalue weighted by Crippen LogP contribution is -2.35. The van der Waals surface area contributed by atoms with E-state index >= 15 is 0 Å². The summed E-state index contributed by atoms with van der Waals surface area (Å²) in [5.41, 5.74) is 7.39. The number of nitrogens with two attached hydrogens (primary N) is 1. The highest BCUT2D eigenvalue weighted by Gasteiger charge is 2.30. The van der Waals surface area contributed by atoms with Crippen LogP contribution in [0.3, 0.4) is 0 Å². The summed E-state index contributed by atoms with van der Waals surface area (Å²) >= 11 is 0.844. The summed E-state index contributed by atoms with van der Waals surface area (Å²) in [7, 11) is -3.75. The molecule has 2 aliphatic rings. The van der Waals surface area contributed by atoms with Gasteiger partial charge >= 0.3 is 0 Å². The summed E-state index contributed by atoms with van der Waals surface area (Å²) in [5.74, 6) is -1.26. The SMILES string of the molecule is NC(=O)c1cc(S(=O)(=O)N2CCCCC2)sc1NC(=O)c1cccc(C2=NCC=C2)c1. The van der Waals surface area contributed by atoms with Crippen molar-refractivity contribution in [3.63, 3.8) is 0 Å². The van der Waals surface area contributed by atoms with Crippen LogP contribution in [0.4, 0.5) is 5.00 Å². The number of rotatable bonds is 6. The van der Waals surface area contributed by atoms with E-state index in [1.165, 1.54) is 10.4 Å². The van der Waals surface area contributed by atoms with Crippen LogP contribution in [0.25, 0.3) is 0 Å². The van der Waals surface area contributed by atoms with E-state index in [9.17, 15) is 18.0 Å². The molecule has 8 nitrogen and oxygen atoms in total. The molecule has 2 aromatic rings. The minimum Gasteiger partial charge on any atom is -0.366 e. The van der Waals surface area contributed by atoms with Gasteiger partial charge in [0.05, 0.1) is 17.8 Å². The molecule has 0 spiro atoms. The average Bonchev–Trinajstić information content (AvgIpc) is 3.45. The molecule has 0 saturated carbocycles. The van der Waals surface area contributed by atoms with E-state index in [4.69, 9.17) is 5.73 Å². The van der Waals surface area contributed by atoms with E-state index in [1.54, 1.807) is 18.2 Å². The third kappa shape index (κ3) is 4.46. The summed E-state index contributed by atoms with van der Waals surface area (Å²) in [6, 6.07) is 8.19. The molecule has 1 aromatic heterocycles. The van der Waals surface area contributed by atoms with Crippen LogP contribution in [0.5, 0.6) is 0 Å². The number of carbonyl (C=O) groups is 2. The topological polar surface area (TPSA) is 122 Å². The number of hydrogen-bond acceptors (Lipinski definition) is 6. The smallest absolute Gasteiger partial charge is 0.256 e. The van der Waals surface area contributed by atoms with Crippen LogP contribution >= 0.6 is 11.3 Å². The van der Waals surface area contributed by atoms with E-state index in [0.29, 0.717) is 25.2 Å². The number of sulfonamides is 1. The highest BCUT2D eigenvalue weighted by Crippen LogP contribution is 2.34. The average molecular weight is 459 g/mol. The molecular formula is C21H22N4O4S2. The molecule has 1 fully saturated rings. The van der Waals surface area contributed by atoms with Crippen molar-refractivity contribution >= 4 is 43.9 Å². The quantitative estimate of drug-likeness (QED) is 0.691. The molecule has 1 saturated heterocycles. The Morgan fingerprint density at radius 3 is 2.58 bits per heavy atom. The normalized spacial score (nSPS) is 16.8. The molecule has 4 rings (SSSR count). The predicted octanol–water partition coefficient (Wildman–Crippen LogP) is 2.63. The minimum atomic E-state index is -3.75. The number of allylic oxidation sites excluding steroid dienone is 1. The maximum atomic E-state index is 13.0. The fraction of sp³-hybridized carbons (Fsp3) is 0.286. The fourth-order valence-corrected chi connectivity index (χ4v) is 6.59. The lowest BCUT2D eigenvalue weighted by atomic mass is 10.1. The minimum absolute atomic E-state index is 0.00213. The number of hydrogen-bond donors (Lipinski definition) is 2. The first-order chi connectivity index (χ1) is 14.9. The number of nitrogens with one attached hydrogen (secondary N) is 1. The first-order valence-corrected chi connectivity index (χ1v) is 12.2. The van der Waals surface area contributed by atoms with Crippen LogP contribution in [0, 0.1) is 0 Å². The Kier molecular flexibility index (Phi) is 6.03. The standard InChI is InChI=1S/C21H22N4O4S2/c22-19(26)16-13-18(31(28,29)25-10-2-1-3-11-25)30-21(16)24-20(27)15-7-4-6-14(12-15)17-8-5-9-23-17/h4-8,12-13H,1-3,9-11H2,(H2,22,26)(H,24,27). The number of carbonyl (C=O) groups excluding carboxylic acids is 2. The summed E-state index contributed by atoms with van der Waals surface area (Å²) in [5, 5.41) is 2.78. The number of primary amides is 1. The van der Waals surface area contributed by atoms with Gasteiger partial charge in [-0.1, -0.05) is 24.6 Å². The Hall–Kier alpha value is -2.82. The molecule has 162 valence electrons. The Morgan fingerprint density at radius 1 is 1.13 bits per heavy atom. The number of benzene rings is 1. The van der Waals surface area contributed by atoms with Crippen molar-refractivity contribution in [2.75, 3.05) is 25.0 Å². The van der Waals surface area contributed by atoms with Gasteiger partial charge in [-0.3, -0.25) is 14.6 Å². The van der Waals surface area contributed by atoms with Gasteiger partial charge < -0.3 is 11.1 Å². The number of piperidine rings is 1. The van der Waals surface area contributed by atoms with E-state index in [0.717, 1.165) is 41.9 Å². The van der Waals surface area contributed by atoms with Gasteiger partial charge in [0, 0.05) is 24.2 Å². The molecule has 3 N–H and O–H groups in total. The van der Waals surface area contributed by atoms with E-state index in [-0.39, 0.29) is 14.8 Å². The second-order valence-electron chi connectivity index (χ2n) is 7.30. The third-order valence-corrected chi connectivity index (χ3v) is 8.57. The van der Waals surface area contributed by atoms with Gasteiger partial charge in [0.1, 0.15) is 9.21 Å². The zero-order chi connectivity index (χ0) is 22.0. The van der Waals surface area contributed by atoms with Crippen LogP contribution in [0.15, 0.2) is 51.7 Å². The van der Waals surface area contributed by atoms with E-state index in [2.05, 4.69) is 10.3 Å². The number of anilines is 1. The van der Waals surface area contributed by atoms with Crippen LogP contribution in [0.1, 0.15) is 45.5 Å². The molecule has 10 heteroatoms. The zero-order valence-corrected chi connectivity index (χ0v) is 18.3. The van der Waals surface area contributed by atoms with E-state index < -0.39 is 21.8 Å². The van der Waals surface area contributed by atoms with Gasteiger partial charge in [0.2, 0.25) is 0 Å². The number of thiophene rings is 1. The van der Waals surface area contributed by atoms with Crippen molar-refractivity contribution < 1.29 is 18.0 Å². The molecule has 1 aromatic carbocycles. The Labute approximate surface area is 184 Å². The maximum absolute atomic E-state index is 13.0. The summed E-state index contributed by atoms with van der Waals surface area (Å²) in [6.07, 6.45) is 6.41. The Bertz CT molecular complexity index is 1190. The largest absolute Gasteiger partial charge is 0.366 e. The molecule has 2 amide bonds. The highest BCUT2D eigenvalue weighted by molar-refractivity contribution is 7.91. The molecule has 3 heterocycles. The van der Waals surface area contributed by atoms with Crippen LogP contribution in [0.2, 0.25) is 0 Å². The summed E-state index contributed by atoms with van der Waals surface area (Å²) in [4.78, 5) is 29.1. The molecule has 0 bridgehead atoms.